The van der Waals surface area contributed by atoms with Gasteiger partial charge in [-0.25, -0.2) is 4.79 Å². The lowest BCUT2D eigenvalue weighted by Crippen LogP contribution is -2.60. The third-order valence-corrected chi connectivity index (χ3v) is 6.08. The van der Waals surface area contributed by atoms with Crippen LogP contribution in [0.1, 0.15) is 32.3 Å². The molecule has 2 rings (SSSR count). The molecule has 1 aliphatic rings. The first-order chi connectivity index (χ1) is 19.0. The number of ether oxygens (including phenoxy) is 1. The highest BCUT2D eigenvalue weighted by atomic mass is 16.5. The minimum atomic E-state index is -1.30. The zero-order chi connectivity index (χ0) is 29.8. The molecule has 1 heterocycles. The van der Waals surface area contributed by atoms with Gasteiger partial charge in [0.25, 0.3) is 11.8 Å². The Kier molecular flexibility index (Phi) is 12.2. The second-order valence-corrected chi connectivity index (χ2v) is 9.46. The van der Waals surface area contributed by atoms with Gasteiger partial charge < -0.3 is 37.5 Å². The summed E-state index contributed by atoms with van der Waals surface area (Å²) in [5, 5.41) is 11.0. The summed E-state index contributed by atoms with van der Waals surface area (Å²) in [5.74, 6) is -3.59. The maximum absolute atomic E-state index is 13.3. The number of nitrogens with two attached hydrogens (primary N) is 2. The van der Waals surface area contributed by atoms with Crippen LogP contribution in [0.4, 0.5) is 10.5 Å². The molecule has 0 spiro atoms. The maximum Gasteiger partial charge on any atom is 0.404 e. The zero-order valence-corrected chi connectivity index (χ0v) is 22.8. The van der Waals surface area contributed by atoms with E-state index in [1.165, 1.54) is 0 Å². The Bertz CT molecular complexity index is 1100. The SMILES string of the molecule is CNCCCC(NC(=O)C(NC(=O)C(CN)N1C(=O)C=CC1=O)C(C)C)C(=O)Nc1ccc(COC(N)=O)cc1. The number of carbonyl (C=O) groups is 6. The predicted octanol–water partition coefficient (Wildman–Crippen LogP) is -0.902. The van der Waals surface area contributed by atoms with Crippen LogP contribution in [0.25, 0.3) is 0 Å². The standard InChI is InChI=1S/C26H37N7O7/c1-15(2)22(32-24(37)19(13-27)33-20(34)10-11-21(33)35)25(38)31-18(5-4-12-29-3)23(36)30-17-8-6-16(7-9-17)14-40-26(28)39/h6-11,15,18-19,22,29H,4-5,12-14,27H2,1-3H3,(H2,28,39)(H,30,36)(H,31,38)(H,32,37). The Morgan fingerprint density at radius 2 is 1.57 bits per heavy atom. The largest absolute Gasteiger partial charge is 0.445 e. The zero-order valence-electron chi connectivity index (χ0n) is 22.8. The van der Waals surface area contributed by atoms with Gasteiger partial charge in [-0.1, -0.05) is 26.0 Å². The highest BCUT2D eigenvalue weighted by Gasteiger charge is 2.37. The molecule has 0 saturated heterocycles. The number of imide groups is 1. The van der Waals surface area contributed by atoms with Gasteiger partial charge in [0.1, 0.15) is 24.7 Å². The van der Waals surface area contributed by atoms with Crippen LogP contribution < -0.4 is 32.7 Å². The number of amides is 6. The maximum atomic E-state index is 13.3. The third kappa shape index (κ3) is 9.17. The number of hydrogen-bond donors (Lipinski definition) is 6. The van der Waals surface area contributed by atoms with E-state index in [-0.39, 0.29) is 13.2 Å². The van der Waals surface area contributed by atoms with E-state index in [0.717, 1.165) is 17.1 Å². The molecule has 14 heteroatoms. The van der Waals surface area contributed by atoms with E-state index < -0.39 is 59.7 Å². The highest BCUT2D eigenvalue weighted by Crippen LogP contribution is 2.14. The van der Waals surface area contributed by atoms with Gasteiger partial charge >= 0.3 is 6.09 Å². The van der Waals surface area contributed by atoms with Crippen molar-refractivity contribution >= 4 is 41.3 Å². The van der Waals surface area contributed by atoms with Gasteiger partial charge in [-0.05, 0) is 50.0 Å². The van der Waals surface area contributed by atoms with Crippen molar-refractivity contribution in [1.82, 2.24) is 20.9 Å². The molecule has 0 aliphatic carbocycles. The molecule has 0 fully saturated rings. The second-order valence-electron chi connectivity index (χ2n) is 9.46. The molecule has 0 aromatic heterocycles. The average molecular weight is 560 g/mol. The fourth-order valence-corrected chi connectivity index (χ4v) is 3.91. The van der Waals surface area contributed by atoms with Gasteiger partial charge in [0.2, 0.25) is 17.7 Å². The van der Waals surface area contributed by atoms with Crippen molar-refractivity contribution in [2.24, 2.45) is 17.4 Å². The van der Waals surface area contributed by atoms with Crippen molar-refractivity contribution in [3.8, 4) is 0 Å². The summed E-state index contributed by atoms with van der Waals surface area (Å²) < 4.78 is 4.74. The van der Waals surface area contributed by atoms with Gasteiger partial charge in [0.15, 0.2) is 0 Å². The molecule has 0 radical (unpaired) electrons. The summed E-state index contributed by atoms with van der Waals surface area (Å²) in [6, 6.07) is 3.22. The van der Waals surface area contributed by atoms with Crippen LogP contribution in [-0.2, 0) is 35.3 Å². The fourth-order valence-electron chi connectivity index (χ4n) is 3.91. The Hall–Kier alpha value is -4.30. The number of primary amides is 1. The summed E-state index contributed by atoms with van der Waals surface area (Å²) in [5.41, 5.74) is 11.8. The van der Waals surface area contributed by atoms with Crippen molar-refractivity contribution in [2.75, 3.05) is 25.5 Å². The van der Waals surface area contributed by atoms with E-state index in [0.29, 0.717) is 30.6 Å². The molecule has 1 aromatic rings. The fraction of sp³-hybridized carbons (Fsp3) is 0.462. The second kappa shape index (κ2) is 15.3. The van der Waals surface area contributed by atoms with Crippen LogP contribution >= 0.6 is 0 Å². The Balaban J connectivity index is 2.12. The average Bonchev–Trinajstić information content (AvgIpc) is 3.24. The molecule has 0 saturated carbocycles. The monoisotopic (exact) mass is 559 g/mol. The van der Waals surface area contributed by atoms with Crippen LogP contribution in [0.3, 0.4) is 0 Å². The van der Waals surface area contributed by atoms with E-state index in [2.05, 4.69) is 21.3 Å². The van der Waals surface area contributed by atoms with Crippen LogP contribution in [0, 0.1) is 5.92 Å². The minimum Gasteiger partial charge on any atom is -0.445 e. The Labute approximate surface area is 232 Å². The number of hydrogen-bond acceptors (Lipinski definition) is 9. The van der Waals surface area contributed by atoms with E-state index in [1.54, 1.807) is 45.2 Å². The van der Waals surface area contributed by atoms with Crippen molar-refractivity contribution in [3.63, 3.8) is 0 Å². The molecular formula is C26H37N7O7. The molecule has 1 aliphatic heterocycles. The van der Waals surface area contributed by atoms with E-state index in [1.807, 2.05) is 0 Å². The molecule has 3 atom stereocenters. The van der Waals surface area contributed by atoms with Crippen LogP contribution in [0.2, 0.25) is 0 Å². The van der Waals surface area contributed by atoms with Crippen LogP contribution in [-0.4, -0.2) is 78.8 Å². The summed E-state index contributed by atoms with van der Waals surface area (Å²) in [6.07, 6.45) is 2.05. The van der Waals surface area contributed by atoms with Gasteiger partial charge in [-0.15, -0.1) is 0 Å². The first-order valence-electron chi connectivity index (χ1n) is 12.8. The van der Waals surface area contributed by atoms with Gasteiger partial charge in [0, 0.05) is 24.4 Å². The molecule has 6 amide bonds. The predicted molar refractivity (Wildman–Crippen MR) is 145 cm³/mol. The van der Waals surface area contributed by atoms with Crippen LogP contribution in [0.15, 0.2) is 36.4 Å². The summed E-state index contributed by atoms with van der Waals surface area (Å²) in [7, 11) is 1.76. The Morgan fingerprint density at radius 3 is 2.10 bits per heavy atom. The third-order valence-electron chi connectivity index (χ3n) is 6.08. The number of rotatable bonds is 15. The lowest BCUT2D eigenvalue weighted by molar-refractivity contribution is -0.145. The number of nitrogens with one attached hydrogen (secondary N) is 4. The lowest BCUT2D eigenvalue weighted by atomic mass is 10.0. The first kappa shape index (κ1) is 31.9. The summed E-state index contributed by atoms with van der Waals surface area (Å²) in [6.45, 7) is 3.66. The molecular weight excluding hydrogens is 522 g/mol. The number of carbonyl (C=O) groups excluding carboxylic acids is 6. The molecule has 0 bridgehead atoms. The normalized spacial score (nSPS) is 15.0. The topological polar surface area (TPSA) is 215 Å². The van der Waals surface area contributed by atoms with Crippen molar-refractivity contribution in [1.29, 1.82) is 0 Å². The molecule has 8 N–H and O–H groups in total. The highest BCUT2D eigenvalue weighted by molar-refractivity contribution is 6.15. The quantitative estimate of drug-likeness (QED) is 0.116. The number of nitrogens with zero attached hydrogens (tertiary/aromatic N) is 1. The lowest BCUT2D eigenvalue weighted by Gasteiger charge is -2.29. The molecule has 40 heavy (non-hydrogen) atoms. The van der Waals surface area contributed by atoms with Crippen LogP contribution in [0.5, 0.6) is 0 Å². The van der Waals surface area contributed by atoms with Gasteiger partial charge in [-0.3, -0.25) is 28.9 Å². The van der Waals surface area contributed by atoms with Gasteiger partial charge in [-0.2, -0.15) is 0 Å². The summed E-state index contributed by atoms with van der Waals surface area (Å²) >= 11 is 0. The van der Waals surface area contributed by atoms with Gasteiger partial charge in [0.05, 0.1) is 0 Å². The smallest absolute Gasteiger partial charge is 0.404 e. The molecule has 3 unspecified atom stereocenters. The molecule has 14 nitrogen and oxygen atoms in total. The summed E-state index contributed by atoms with van der Waals surface area (Å²) in [4.78, 5) is 75.0. The van der Waals surface area contributed by atoms with E-state index in [4.69, 9.17) is 16.2 Å². The van der Waals surface area contributed by atoms with Crippen molar-refractivity contribution < 1.29 is 33.5 Å². The number of benzene rings is 1. The molecule has 1 aromatic carbocycles. The number of anilines is 1. The first-order valence-corrected chi connectivity index (χ1v) is 12.8. The minimum absolute atomic E-state index is 0.0177. The van der Waals surface area contributed by atoms with Crippen molar-refractivity contribution in [3.05, 3.63) is 42.0 Å². The molecule has 218 valence electrons. The van der Waals surface area contributed by atoms with Crippen molar-refractivity contribution in [2.45, 2.75) is 51.4 Å². The van der Waals surface area contributed by atoms with E-state index >= 15 is 0 Å². The Morgan fingerprint density at radius 1 is 0.950 bits per heavy atom. The van der Waals surface area contributed by atoms with E-state index in [9.17, 15) is 28.8 Å².